The lowest BCUT2D eigenvalue weighted by molar-refractivity contribution is 1.58. The second-order valence-corrected chi connectivity index (χ2v) is 7.31. The lowest BCUT2D eigenvalue weighted by atomic mass is 10.3. The van der Waals surface area contributed by atoms with Gasteiger partial charge < -0.3 is 5.73 Å². The summed E-state index contributed by atoms with van der Waals surface area (Å²) >= 11 is 50.7. The van der Waals surface area contributed by atoms with Crippen LogP contribution in [0.15, 0.2) is 18.2 Å². The predicted octanol–water partition coefficient (Wildman–Crippen LogP) is 8.64. The van der Waals surface area contributed by atoms with E-state index in [1.165, 1.54) is 0 Å². The Morgan fingerprint density at radius 2 is 1.09 bits per heavy atom. The van der Waals surface area contributed by atoms with Gasteiger partial charge >= 0.3 is 0 Å². The van der Waals surface area contributed by atoms with Crippen LogP contribution >= 0.6 is 105 Å². The van der Waals surface area contributed by atoms with Gasteiger partial charge in [-0.3, -0.25) is 0 Å². The first-order valence-corrected chi connectivity index (χ1v) is 8.74. The minimum absolute atomic E-state index is 0.113. The van der Waals surface area contributed by atoms with Crippen molar-refractivity contribution in [3.05, 3.63) is 53.4 Å². The molecule has 0 aromatic heterocycles. The highest BCUT2D eigenvalue weighted by Crippen LogP contribution is 2.45. The molecule has 0 unspecified atom stereocenters. The average molecular weight is 496 g/mol. The van der Waals surface area contributed by atoms with Crippen LogP contribution in [0.1, 0.15) is 0 Å². The van der Waals surface area contributed by atoms with Crippen molar-refractivity contribution in [1.82, 2.24) is 0 Å². The first kappa shape index (κ1) is 21.7. The van der Waals surface area contributed by atoms with Gasteiger partial charge in [0.25, 0.3) is 0 Å². The van der Waals surface area contributed by atoms with Gasteiger partial charge in [-0.15, -0.1) is 0 Å². The molecule has 11 heteroatoms. The molecule has 0 saturated heterocycles. The summed E-state index contributed by atoms with van der Waals surface area (Å²) in [6.07, 6.45) is 0. The molecule has 2 rings (SSSR count). The molecule has 126 valence electrons. The molecule has 0 bridgehead atoms. The molecule has 0 saturated carbocycles. The summed E-state index contributed by atoms with van der Waals surface area (Å²) < 4.78 is 0.869. The highest BCUT2D eigenvalue weighted by Gasteiger charge is 2.16. The SMILES string of the molecule is Clc1cccc(N(Cl)Cl)c1Cl.Nc1c(Cl)c(Cl)c(Cl)c(Cl)c1Cl. The topological polar surface area (TPSA) is 29.3 Å². The van der Waals surface area contributed by atoms with Crippen molar-refractivity contribution in [1.29, 1.82) is 0 Å². The highest BCUT2D eigenvalue weighted by atomic mass is 35.5. The normalized spacial score (nSPS) is 10.1. The monoisotopic (exact) mass is 492 g/mol. The fraction of sp³-hybridized carbons (Fsp3) is 0. The summed E-state index contributed by atoms with van der Waals surface area (Å²) in [5, 5.41) is 1.36. The van der Waals surface area contributed by atoms with Gasteiger partial charge in [0.1, 0.15) is 0 Å². The molecule has 0 spiro atoms. The maximum Gasteiger partial charge on any atom is 0.0911 e. The van der Waals surface area contributed by atoms with E-state index in [4.69, 9.17) is 110 Å². The zero-order chi connectivity index (χ0) is 17.9. The minimum atomic E-state index is 0.113. The van der Waals surface area contributed by atoms with Crippen molar-refractivity contribution in [3.8, 4) is 0 Å². The standard InChI is InChI=1S/C6H2Cl5N.C6H3Cl4N/c7-1-2(8)4(10)6(12)5(11)3(1)9;7-4-2-1-3-5(6(4)8)11(9)10/h12H2;1-3H. The molecule has 2 aromatic rings. The number of halogens is 9. The number of nitrogens with two attached hydrogens (primary N) is 1. The lowest BCUT2D eigenvalue weighted by Crippen LogP contribution is -1.92. The number of anilines is 2. The molecule has 23 heavy (non-hydrogen) atoms. The number of hydrogen-bond acceptors (Lipinski definition) is 2. The molecule has 0 amide bonds. The summed E-state index contributed by atoms with van der Waals surface area (Å²) in [5.74, 6) is 0. The Bertz CT molecular complexity index is 613. The average Bonchev–Trinajstić information content (AvgIpc) is 2.52. The van der Waals surface area contributed by atoms with E-state index in [2.05, 4.69) is 0 Å². The van der Waals surface area contributed by atoms with Crippen LogP contribution in [0, 0.1) is 0 Å². The van der Waals surface area contributed by atoms with Gasteiger partial charge in [-0.05, 0) is 12.1 Å². The van der Waals surface area contributed by atoms with E-state index in [1.54, 1.807) is 18.2 Å². The van der Waals surface area contributed by atoms with Crippen molar-refractivity contribution < 1.29 is 0 Å². The largest absolute Gasteiger partial charge is 0.396 e. The predicted molar refractivity (Wildman–Crippen MR) is 107 cm³/mol. The summed E-state index contributed by atoms with van der Waals surface area (Å²) in [7, 11) is 0. The third-order valence-corrected chi connectivity index (χ3v) is 5.84. The number of hydrogen-bond donors (Lipinski definition) is 1. The van der Waals surface area contributed by atoms with Crippen molar-refractivity contribution in [2.24, 2.45) is 0 Å². The van der Waals surface area contributed by atoms with Crippen molar-refractivity contribution >= 4 is 116 Å². The Balaban J connectivity index is 0.000000231. The number of rotatable bonds is 1. The van der Waals surface area contributed by atoms with E-state index in [0.29, 0.717) is 15.7 Å². The zero-order valence-corrected chi connectivity index (χ0v) is 17.5. The summed E-state index contributed by atoms with van der Waals surface area (Å²) in [4.78, 5) is 0. The van der Waals surface area contributed by atoms with Crippen LogP contribution in [0.25, 0.3) is 0 Å². The van der Waals surface area contributed by atoms with Crippen molar-refractivity contribution in [3.63, 3.8) is 0 Å². The quantitative estimate of drug-likeness (QED) is 0.185. The van der Waals surface area contributed by atoms with Gasteiger partial charge in [-0.1, -0.05) is 87.3 Å². The van der Waals surface area contributed by atoms with Gasteiger partial charge in [0, 0.05) is 23.6 Å². The Kier molecular flexibility index (Phi) is 8.84. The third kappa shape index (κ3) is 5.31. The molecule has 2 nitrogen and oxygen atoms in total. The molecule has 0 aliphatic carbocycles. The second kappa shape index (κ2) is 9.38. The third-order valence-electron chi connectivity index (χ3n) is 2.36. The first-order chi connectivity index (χ1) is 10.6. The van der Waals surface area contributed by atoms with E-state index in [9.17, 15) is 0 Å². The summed E-state index contributed by atoms with van der Waals surface area (Å²) in [6.45, 7) is 0. The van der Waals surface area contributed by atoms with Gasteiger partial charge in [-0.2, -0.15) is 3.94 Å². The Morgan fingerprint density at radius 3 is 1.48 bits per heavy atom. The van der Waals surface area contributed by atoms with E-state index in [1.807, 2.05) is 0 Å². The highest BCUT2D eigenvalue weighted by molar-refractivity contribution is 6.56. The van der Waals surface area contributed by atoms with Gasteiger partial charge in [0.15, 0.2) is 0 Å². The van der Waals surface area contributed by atoms with Crippen LogP contribution in [0.2, 0.25) is 35.2 Å². The van der Waals surface area contributed by atoms with Gasteiger partial charge in [0.05, 0.1) is 46.5 Å². The van der Waals surface area contributed by atoms with Crippen molar-refractivity contribution in [2.45, 2.75) is 0 Å². The lowest BCUT2D eigenvalue weighted by Gasteiger charge is -2.07. The Labute approximate surface area is 178 Å². The van der Waals surface area contributed by atoms with E-state index >= 15 is 0 Å². The smallest absolute Gasteiger partial charge is 0.0911 e. The maximum atomic E-state index is 5.75. The fourth-order valence-corrected chi connectivity index (χ4v) is 3.15. The van der Waals surface area contributed by atoms with Crippen LogP contribution < -0.4 is 9.67 Å². The molecule has 2 aromatic carbocycles. The van der Waals surface area contributed by atoms with E-state index in [-0.39, 0.29) is 30.8 Å². The van der Waals surface area contributed by atoms with Crippen LogP contribution in [0.3, 0.4) is 0 Å². The molecule has 0 radical (unpaired) electrons. The Morgan fingerprint density at radius 1 is 0.652 bits per heavy atom. The van der Waals surface area contributed by atoms with E-state index < -0.39 is 0 Å². The fourth-order valence-electron chi connectivity index (χ4n) is 1.24. The first-order valence-electron chi connectivity index (χ1n) is 5.42. The van der Waals surface area contributed by atoms with Gasteiger partial charge in [0.2, 0.25) is 0 Å². The number of benzene rings is 2. The van der Waals surface area contributed by atoms with Crippen molar-refractivity contribution in [2.75, 3.05) is 9.67 Å². The zero-order valence-electron chi connectivity index (χ0n) is 10.7. The molecular weight excluding hydrogens is 491 g/mol. The van der Waals surface area contributed by atoms with E-state index in [0.717, 1.165) is 3.94 Å². The summed E-state index contributed by atoms with van der Waals surface area (Å²) in [5.41, 5.74) is 6.07. The van der Waals surface area contributed by atoms with Crippen LogP contribution in [-0.4, -0.2) is 0 Å². The number of nitrogen functional groups attached to an aromatic ring is 1. The van der Waals surface area contributed by atoms with Crippen LogP contribution in [0.5, 0.6) is 0 Å². The molecule has 0 atom stereocenters. The molecule has 2 N–H and O–H groups in total. The van der Waals surface area contributed by atoms with Crippen LogP contribution in [-0.2, 0) is 0 Å². The Hall–Kier alpha value is 0.650. The molecule has 0 aliphatic rings. The summed E-state index contributed by atoms with van der Waals surface area (Å²) in [6, 6.07) is 5.03. The minimum Gasteiger partial charge on any atom is -0.396 e. The number of nitrogens with zero attached hydrogens (tertiary/aromatic N) is 1. The molecule has 0 heterocycles. The molecule has 0 fully saturated rings. The maximum absolute atomic E-state index is 5.75. The molecular formula is C12H5Cl9N2. The molecule has 0 aliphatic heterocycles. The second-order valence-electron chi connectivity index (χ2n) is 3.79. The van der Waals surface area contributed by atoms with Crippen LogP contribution in [0.4, 0.5) is 11.4 Å². The van der Waals surface area contributed by atoms with Gasteiger partial charge in [-0.25, -0.2) is 0 Å².